The highest BCUT2D eigenvalue weighted by atomic mass is 31.1. The van der Waals surface area contributed by atoms with Crippen LogP contribution in [0.3, 0.4) is 0 Å². The van der Waals surface area contributed by atoms with Crippen LogP contribution in [0.5, 0.6) is 0 Å². The predicted octanol–water partition coefficient (Wildman–Crippen LogP) is 6.06. The van der Waals surface area contributed by atoms with E-state index in [1.165, 1.54) is 49.3 Å². The summed E-state index contributed by atoms with van der Waals surface area (Å²) >= 11 is 0. The molecule has 0 aliphatic heterocycles. The molecule has 0 amide bonds. The molecule has 0 unspecified atom stereocenters. The van der Waals surface area contributed by atoms with Crippen molar-refractivity contribution in [1.82, 2.24) is 0 Å². The van der Waals surface area contributed by atoms with Gasteiger partial charge in [0, 0.05) is 0 Å². The van der Waals surface area contributed by atoms with Gasteiger partial charge in [-0.25, -0.2) is 0 Å². The number of benzene rings is 3. The molecular weight excluding hydrogens is 355 g/mol. The SMILES string of the molecule is CCc1cc(C)cc(P(c2cc(C)cc(CC)c2)c2cc(C)cc(CC)c2)c1. The molecular formula is C27H33P. The van der Waals surface area contributed by atoms with Crippen molar-refractivity contribution in [3.05, 3.63) is 88.0 Å². The van der Waals surface area contributed by atoms with E-state index in [4.69, 9.17) is 0 Å². The van der Waals surface area contributed by atoms with Gasteiger partial charge in [-0.3, -0.25) is 0 Å². The van der Waals surface area contributed by atoms with Gasteiger partial charge in [0.25, 0.3) is 0 Å². The Morgan fingerprint density at radius 3 is 1.00 bits per heavy atom. The summed E-state index contributed by atoms with van der Waals surface area (Å²) in [6.07, 6.45) is 3.25. The molecule has 0 saturated carbocycles. The van der Waals surface area contributed by atoms with Crippen LogP contribution in [0.2, 0.25) is 0 Å². The quantitative estimate of drug-likeness (QED) is 0.451. The van der Waals surface area contributed by atoms with E-state index in [-0.39, 0.29) is 0 Å². The normalized spacial score (nSPS) is 11.2. The Morgan fingerprint density at radius 1 is 0.464 bits per heavy atom. The molecule has 0 bridgehead atoms. The van der Waals surface area contributed by atoms with Crippen molar-refractivity contribution in [2.75, 3.05) is 0 Å². The molecule has 146 valence electrons. The summed E-state index contributed by atoms with van der Waals surface area (Å²) in [6, 6.07) is 21.6. The molecule has 3 rings (SSSR count). The van der Waals surface area contributed by atoms with Gasteiger partial charge < -0.3 is 0 Å². The molecule has 1 heteroatoms. The molecule has 0 spiro atoms. The summed E-state index contributed by atoms with van der Waals surface area (Å²) in [6.45, 7) is 13.5. The van der Waals surface area contributed by atoms with E-state index in [0.717, 1.165) is 19.3 Å². The Balaban J connectivity index is 2.27. The molecule has 0 nitrogen and oxygen atoms in total. The van der Waals surface area contributed by atoms with Crippen LogP contribution < -0.4 is 15.9 Å². The maximum atomic E-state index is 2.45. The van der Waals surface area contributed by atoms with Crippen LogP contribution >= 0.6 is 7.92 Å². The lowest BCUT2D eigenvalue weighted by molar-refractivity contribution is 1.13. The molecule has 0 radical (unpaired) electrons. The topological polar surface area (TPSA) is 0 Å². The van der Waals surface area contributed by atoms with Crippen LogP contribution in [-0.4, -0.2) is 0 Å². The number of hydrogen-bond donors (Lipinski definition) is 0. The molecule has 0 aromatic heterocycles. The van der Waals surface area contributed by atoms with E-state index < -0.39 is 7.92 Å². The molecule has 0 atom stereocenters. The Morgan fingerprint density at radius 2 is 0.750 bits per heavy atom. The third-order valence-corrected chi connectivity index (χ3v) is 7.69. The Labute approximate surface area is 172 Å². The lowest BCUT2D eigenvalue weighted by atomic mass is 10.1. The molecule has 0 heterocycles. The molecule has 0 saturated heterocycles. The van der Waals surface area contributed by atoms with Crippen LogP contribution in [0, 0.1) is 20.8 Å². The van der Waals surface area contributed by atoms with Crippen molar-refractivity contribution in [3.63, 3.8) is 0 Å². The van der Waals surface area contributed by atoms with Gasteiger partial charge in [0.2, 0.25) is 0 Å². The average Bonchev–Trinajstić information content (AvgIpc) is 2.66. The van der Waals surface area contributed by atoms with E-state index in [2.05, 4.69) is 96.1 Å². The molecule has 0 aliphatic rings. The van der Waals surface area contributed by atoms with Gasteiger partial charge in [0.1, 0.15) is 0 Å². The second-order valence-electron chi connectivity index (χ2n) is 7.93. The molecule has 3 aromatic rings. The highest BCUT2D eigenvalue weighted by Gasteiger charge is 2.19. The van der Waals surface area contributed by atoms with Crippen LogP contribution in [-0.2, 0) is 19.3 Å². The smallest absolute Gasteiger partial charge is 0.0134 e. The van der Waals surface area contributed by atoms with Gasteiger partial charge in [-0.1, -0.05) is 92.1 Å². The van der Waals surface area contributed by atoms with E-state index in [1.54, 1.807) is 0 Å². The first-order valence-corrected chi connectivity index (χ1v) is 11.9. The summed E-state index contributed by atoms with van der Waals surface area (Å²) < 4.78 is 0. The fourth-order valence-electron chi connectivity index (χ4n) is 3.97. The van der Waals surface area contributed by atoms with Crippen molar-refractivity contribution in [3.8, 4) is 0 Å². The largest absolute Gasteiger partial charge is 0.0613 e. The third-order valence-electron chi connectivity index (χ3n) is 5.37. The van der Waals surface area contributed by atoms with Gasteiger partial charge in [-0.15, -0.1) is 0 Å². The van der Waals surface area contributed by atoms with Crippen molar-refractivity contribution < 1.29 is 0 Å². The van der Waals surface area contributed by atoms with Crippen molar-refractivity contribution in [2.24, 2.45) is 0 Å². The van der Waals surface area contributed by atoms with Crippen LogP contribution in [0.4, 0.5) is 0 Å². The van der Waals surface area contributed by atoms with Gasteiger partial charge in [0.05, 0.1) is 0 Å². The molecule has 3 aromatic carbocycles. The second kappa shape index (κ2) is 9.06. The van der Waals surface area contributed by atoms with Gasteiger partial charge in [-0.2, -0.15) is 0 Å². The van der Waals surface area contributed by atoms with E-state index in [1.807, 2.05) is 0 Å². The average molecular weight is 389 g/mol. The van der Waals surface area contributed by atoms with E-state index >= 15 is 0 Å². The minimum absolute atomic E-state index is 0.560. The Bertz CT molecular complexity index is 841. The summed E-state index contributed by atoms with van der Waals surface area (Å²) in [5.41, 5.74) is 8.42. The molecule has 28 heavy (non-hydrogen) atoms. The minimum atomic E-state index is -0.560. The van der Waals surface area contributed by atoms with Crippen molar-refractivity contribution >= 4 is 23.8 Å². The van der Waals surface area contributed by atoms with Crippen molar-refractivity contribution in [2.45, 2.75) is 60.8 Å². The Hall–Kier alpha value is -1.91. The monoisotopic (exact) mass is 388 g/mol. The van der Waals surface area contributed by atoms with Crippen LogP contribution in [0.25, 0.3) is 0 Å². The Kier molecular flexibility index (Phi) is 6.73. The number of rotatable bonds is 6. The predicted molar refractivity (Wildman–Crippen MR) is 127 cm³/mol. The zero-order valence-electron chi connectivity index (χ0n) is 18.3. The standard InChI is InChI=1S/C27H33P/c1-7-22-10-19(4)13-25(16-22)28(26-14-20(5)11-23(8-2)17-26)27-15-21(6)12-24(9-3)18-27/h10-18H,7-9H2,1-6H3. The van der Waals surface area contributed by atoms with Crippen LogP contribution in [0.1, 0.15) is 54.2 Å². The summed E-state index contributed by atoms with van der Waals surface area (Å²) in [4.78, 5) is 0. The first kappa shape index (κ1) is 20.8. The zero-order chi connectivity index (χ0) is 20.3. The fourth-order valence-corrected chi connectivity index (χ4v) is 6.75. The summed E-state index contributed by atoms with van der Waals surface area (Å²) in [5.74, 6) is 0. The fraction of sp³-hybridized carbons (Fsp3) is 0.333. The second-order valence-corrected chi connectivity index (χ2v) is 10.1. The summed E-state index contributed by atoms with van der Waals surface area (Å²) in [7, 11) is -0.560. The maximum Gasteiger partial charge on any atom is -0.0134 e. The molecule has 0 aliphatic carbocycles. The highest BCUT2D eigenvalue weighted by Crippen LogP contribution is 2.35. The van der Waals surface area contributed by atoms with Gasteiger partial charge >= 0.3 is 0 Å². The van der Waals surface area contributed by atoms with Crippen LogP contribution in [0.15, 0.2) is 54.6 Å². The molecule has 0 fully saturated rings. The number of hydrogen-bond acceptors (Lipinski definition) is 0. The lowest BCUT2D eigenvalue weighted by Crippen LogP contribution is -2.23. The zero-order valence-corrected chi connectivity index (χ0v) is 19.2. The maximum absolute atomic E-state index is 2.45. The summed E-state index contributed by atoms with van der Waals surface area (Å²) in [5, 5.41) is 4.44. The first-order chi connectivity index (χ1) is 13.4. The third kappa shape index (κ3) is 4.73. The van der Waals surface area contributed by atoms with Gasteiger partial charge in [0.15, 0.2) is 0 Å². The molecule has 0 N–H and O–H groups in total. The van der Waals surface area contributed by atoms with Gasteiger partial charge in [-0.05, 0) is 80.6 Å². The van der Waals surface area contributed by atoms with E-state index in [0.29, 0.717) is 0 Å². The number of aryl methyl sites for hydroxylation is 6. The first-order valence-electron chi connectivity index (χ1n) is 10.5. The lowest BCUT2D eigenvalue weighted by Gasteiger charge is -2.23. The van der Waals surface area contributed by atoms with E-state index in [9.17, 15) is 0 Å². The highest BCUT2D eigenvalue weighted by molar-refractivity contribution is 7.79. The van der Waals surface area contributed by atoms with Crippen molar-refractivity contribution in [1.29, 1.82) is 0 Å². The minimum Gasteiger partial charge on any atom is -0.0613 e.